The van der Waals surface area contributed by atoms with Crippen molar-refractivity contribution in [3.8, 4) is 0 Å². The molecule has 1 aromatic carbocycles. The number of furan rings is 1. The van der Waals surface area contributed by atoms with E-state index in [4.69, 9.17) is 4.42 Å². The highest BCUT2D eigenvalue weighted by Crippen LogP contribution is 2.27. The van der Waals surface area contributed by atoms with E-state index >= 15 is 0 Å². The van der Waals surface area contributed by atoms with E-state index in [9.17, 15) is 4.79 Å². The summed E-state index contributed by atoms with van der Waals surface area (Å²) >= 11 is 0. The molecule has 0 aliphatic carbocycles. The number of piperidine rings is 1. The van der Waals surface area contributed by atoms with Crippen molar-refractivity contribution in [2.45, 2.75) is 26.2 Å². The second kappa shape index (κ2) is 6.17. The highest BCUT2D eigenvalue weighted by molar-refractivity contribution is 5.91. The Hall–Kier alpha value is -2.03. The Morgan fingerprint density at radius 2 is 1.86 bits per heavy atom. The number of Topliss-reactive ketones (excluding diaryl/α,β-unsaturated/α-hetero) is 1. The van der Waals surface area contributed by atoms with Crippen molar-refractivity contribution >= 4 is 11.7 Å². The zero-order chi connectivity index (χ0) is 14.7. The Morgan fingerprint density at radius 3 is 2.48 bits per heavy atom. The van der Waals surface area contributed by atoms with E-state index in [0.717, 1.165) is 31.3 Å². The Bertz CT molecular complexity index is 595. The highest BCUT2D eigenvalue weighted by Gasteiger charge is 2.21. The molecule has 0 unspecified atom stereocenters. The third kappa shape index (κ3) is 3.35. The van der Waals surface area contributed by atoms with Crippen LogP contribution in [-0.4, -0.2) is 18.9 Å². The summed E-state index contributed by atoms with van der Waals surface area (Å²) in [6, 6.07) is 14.4. The van der Waals surface area contributed by atoms with Crippen LogP contribution in [0.2, 0.25) is 0 Å². The van der Waals surface area contributed by atoms with Crippen molar-refractivity contribution in [3.63, 3.8) is 0 Å². The van der Waals surface area contributed by atoms with Crippen LogP contribution in [0.15, 0.2) is 46.9 Å². The summed E-state index contributed by atoms with van der Waals surface area (Å²) in [7, 11) is 0. The molecule has 2 heterocycles. The van der Waals surface area contributed by atoms with Gasteiger partial charge in [0.2, 0.25) is 0 Å². The van der Waals surface area contributed by atoms with E-state index in [-0.39, 0.29) is 5.78 Å². The molecule has 1 saturated heterocycles. The van der Waals surface area contributed by atoms with Crippen LogP contribution in [0.4, 0.5) is 5.88 Å². The molecule has 1 aliphatic heterocycles. The minimum atomic E-state index is -0.0137. The number of hydrogen-bond acceptors (Lipinski definition) is 3. The molecular formula is C18H21NO2. The summed E-state index contributed by atoms with van der Waals surface area (Å²) < 4.78 is 5.61. The Kier molecular flexibility index (Phi) is 4.09. The first-order valence-electron chi connectivity index (χ1n) is 7.62. The molecule has 1 aromatic heterocycles. The zero-order valence-electron chi connectivity index (χ0n) is 12.4. The molecule has 2 aromatic rings. The van der Waals surface area contributed by atoms with Crippen molar-refractivity contribution in [1.82, 2.24) is 0 Å². The Balaban J connectivity index is 1.56. The lowest BCUT2D eigenvalue weighted by atomic mass is 9.90. The summed E-state index contributed by atoms with van der Waals surface area (Å²) in [5.41, 5.74) is 1.42. The van der Waals surface area contributed by atoms with Gasteiger partial charge >= 0.3 is 0 Å². The van der Waals surface area contributed by atoms with Crippen molar-refractivity contribution in [3.05, 3.63) is 53.8 Å². The maximum atomic E-state index is 11.3. The molecule has 0 N–H and O–H groups in total. The summed E-state index contributed by atoms with van der Waals surface area (Å²) in [4.78, 5) is 13.5. The van der Waals surface area contributed by atoms with Gasteiger partial charge in [0, 0.05) is 26.1 Å². The lowest BCUT2D eigenvalue weighted by Gasteiger charge is -2.31. The SMILES string of the molecule is CC(=O)c1ccc(N2CCC(Cc3ccccc3)CC2)o1. The second-order valence-corrected chi connectivity index (χ2v) is 5.81. The molecule has 0 radical (unpaired) electrons. The first kappa shape index (κ1) is 13.9. The van der Waals surface area contributed by atoms with Crippen molar-refractivity contribution in [1.29, 1.82) is 0 Å². The van der Waals surface area contributed by atoms with Gasteiger partial charge in [0.15, 0.2) is 17.4 Å². The van der Waals surface area contributed by atoms with Gasteiger partial charge in [0.25, 0.3) is 0 Å². The number of benzene rings is 1. The zero-order valence-corrected chi connectivity index (χ0v) is 12.4. The third-order valence-corrected chi connectivity index (χ3v) is 4.23. The number of carbonyl (C=O) groups excluding carboxylic acids is 1. The average Bonchev–Trinajstić information content (AvgIpc) is 2.99. The molecule has 0 saturated carbocycles. The topological polar surface area (TPSA) is 33.5 Å². The Labute approximate surface area is 125 Å². The van der Waals surface area contributed by atoms with E-state index in [2.05, 4.69) is 35.2 Å². The fraction of sp³-hybridized carbons (Fsp3) is 0.389. The Morgan fingerprint density at radius 1 is 1.14 bits per heavy atom. The van der Waals surface area contributed by atoms with Crippen LogP contribution in [0, 0.1) is 5.92 Å². The molecule has 0 spiro atoms. The van der Waals surface area contributed by atoms with Gasteiger partial charge in [-0.2, -0.15) is 0 Å². The molecule has 0 bridgehead atoms. The number of ketones is 1. The predicted molar refractivity (Wildman–Crippen MR) is 83.8 cm³/mol. The summed E-state index contributed by atoms with van der Waals surface area (Å²) in [6.45, 7) is 3.54. The molecule has 3 rings (SSSR count). The number of anilines is 1. The van der Waals surface area contributed by atoms with Crippen LogP contribution in [0.3, 0.4) is 0 Å². The van der Waals surface area contributed by atoms with Crippen molar-refractivity contribution in [2.75, 3.05) is 18.0 Å². The van der Waals surface area contributed by atoms with Crippen LogP contribution in [0.5, 0.6) is 0 Å². The summed E-state index contributed by atoms with van der Waals surface area (Å²) in [6.07, 6.45) is 3.50. The van der Waals surface area contributed by atoms with Crippen molar-refractivity contribution < 1.29 is 9.21 Å². The van der Waals surface area contributed by atoms with Crippen LogP contribution in [0.25, 0.3) is 0 Å². The van der Waals surface area contributed by atoms with Gasteiger partial charge in [-0.05, 0) is 36.8 Å². The first-order valence-corrected chi connectivity index (χ1v) is 7.62. The van der Waals surface area contributed by atoms with E-state index in [1.807, 2.05) is 6.07 Å². The maximum Gasteiger partial charge on any atom is 0.196 e. The lowest BCUT2D eigenvalue weighted by molar-refractivity contribution is 0.0987. The van der Waals surface area contributed by atoms with Gasteiger partial charge in [0.05, 0.1) is 0 Å². The van der Waals surface area contributed by atoms with Crippen LogP contribution < -0.4 is 4.90 Å². The third-order valence-electron chi connectivity index (χ3n) is 4.23. The molecule has 21 heavy (non-hydrogen) atoms. The molecule has 0 amide bonds. The highest BCUT2D eigenvalue weighted by atomic mass is 16.4. The number of carbonyl (C=O) groups is 1. The molecule has 3 nitrogen and oxygen atoms in total. The minimum absolute atomic E-state index is 0.0137. The van der Waals surface area contributed by atoms with E-state index in [1.165, 1.54) is 25.3 Å². The average molecular weight is 283 g/mol. The van der Waals surface area contributed by atoms with Gasteiger partial charge in [-0.15, -0.1) is 0 Å². The molecule has 0 atom stereocenters. The van der Waals surface area contributed by atoms with E-state index in [1.54, 1.807) is 6.07 Å². The van der Waals surface area contributed by atoms with E-state index in [0.29, 0.717) is 5.76 Å². The summed E-state index contributed by atoms with van der Waals surface area (Å²) in [5, 5.41) is 0. The molecule has 3 heteroatoms. The van der Waals surface area contributed by atoms with Gasteiger partial charge in [-0.25, -0.2) is 0 Å². The van der Waals surface area contributed by atoms with Gasteiger partial charge < -0.3 is 9.32 Å². The van der Waals surface area contributed by atoms with Gasteiger partial charge in [-0.1, -0.05) is 30.3 Å². The lowest BCUT2D eigenvalue weighted by Crippen LogP contribution is -2.34. The number of hydrogen-bond donors (Lipinski definition) is 0. The molecule has 110 valence electrons. The molecular weight excluding hydrogens is 262 g/mol. The smallest absolute Gasteiger partial charge is 0.196 e. The minimum Gasteiger partial charge on any atom is -0.437 e. The van der Waals surface area contributed by atoms with Crippen molar-refractivity contribution in [2.24, 2.45) is 5.92 Å². The molecule has 1 aliphatic rings. The fourth-order valence-corrected chi connectivity index (χ4v) is 2.99. The number of nitrogens with zero attached hydrogens (tertiary/aromatic N) is 1. The maximum absolute atomic E-state index is 11.3. The van der Waals surface area contributed by atoms with Crippen LogP contribution in [-0.2, 0) is 6.42 Å². The number of rotatable bonds is 4. The fourth-order valence-electron chi connectivity index (χ4n) is 2.99. The summed E-state index contributed by atoms with van der Waals surface area (Å²) in [5.74, 6) is 2.01. The standard InChI is InChI=1S/C18H21NO2/c1-14(20)17-7-8-18(21-17)19-11-9-16(10-12-19)13-15-5-3-2-4-6-15/h2-8,16H,9-13H2,1H3. The largest absolute Gasteiger partial charge is 0.437 e. The van der Waals surface area contributed by atoms with Gasteiger partial charge in [0.1, 0.15) is 0 Å². The van der Waals surface area contributed by atoms with Gasteiger partial charge in [-0.3, -0.25) is 4.79 Å². The molecule has 1 fully saturated rings. The monoisotopic (exact) mass is 283 g/mol. The predicted octanol–water partition coefficient (Wildman–Crippen LogP) is 3.94. The second-order valence-electron chi connectivity index (χ2n) is 5.81. The first-order chi connectivity index (χ1) is 10.2. The van der Waals surface area contributed by atoms with Crippen LogP contribution >= 0.6 is 0 Å². The quantitative estimate of drug-likeness (QED) is 0.797. The van der Waals surface area contributed by atoms with E-state index < -0.39 is 0 Å². The van der Waals surface area contributed by atoms with Crippen LogP contribution in [0.1, 0.15) is 35.9 Å². The normalized spacial score (nSPS) is 16.1.